The van der Waals surface area contributed by atoms with Gasteiger partial charge in [-0.3, -0.25) is 9.69 Å². The number of rotatable bonds is 5. The summed E-state index contributed by atoms with van der Waals surface area (Å²) in [6.07, 6.45) is 4.93. The van der Waals surface area contributed by atoms with Crippen LogP contribution in [0.4, 0.5) is 10.2 Å². The van der Waals surface area contributed by atoms with Crippen molar-refractivity contribution >= 4 is 17.7 Å². The van der Waals surface area contributed by atoms with E-state index < -0.39 is 11.8 Å². The minimum Gasteiger partial charge on any atom is -0.477 e. The molecule has 0 spiro atoms. The number of aromatic carboxylic acids is 1. The lowest BCUT2D eigenvalue weighted by Gasteiger charge is -2.32. The third-order valence-corrected chi connectivity index (χ3v) is 5.69. The molecule has 3 rings (SSSR count). The number of aromatic nitrogens is 2. The van der Waals surface area contributed by atoms with E-state index in [1.165, 1.54) is 21.8 Å². The second-order valence-electron chi connectivity index (χ2n) is 8.31. The van der Waals surface area contributed by atoms with Crippen LogP contribution in [0.3, 0.4) is 0 Å². The molecule has 6 nitrogen and oxygen atoms in total. The molecule has 1 aliphatic carbocycles. The van der Waals surface area contributed by atoms with E-state index in [-0.39, 0.29) is 29.2 Å². The summed E-state index contributed by atoms with van der Waals surface area (Å²) in [5, 5.41) is 14.1. The number of aryl methyl sites for hydroxylation is 1. The topological polar surface area (TPSA) is 75.4 Å². The quantitative estimate of drug-likeness (QED) is 0.795. The van der Waals surface area contributed by atoms with E-state index in [0.29, 0.717) is 17.2 Å². The molecule has 1 fully saturated rings. The molecule has 0 aliphatic heterocycles. The van der Waals surface area contributed by atoms with Crippen LogP contribution in [0.2, 0.25) is 0 Å². The number of hydrogen-bond donors (Lipinski definition) is 1. The summed E-state index contributed by atoms with van der Waals surface area (Å²) in [4.78, 5) is 26.7. The normalized spacial score (nSPS) is 19.4. The molecule has 0 atom stereocenters. The van der Waals surface area contributed by atoms with E-state index in [1.54, 1.807) is 19.1 Å². The van der Waals surface area contributed by atoms with Gasteiger partial charge in [-0.15, -0.1) is 5.10 Å². The molecule has 7 heteroatoms. The highest BCUT2D eigenvalue weighted by Gasteiger charge is 2.34. The van der Waals surface area contributed by atoms with Crippen LogP contribution >= 0.6 is 0 Å². The zero-order valence-corrected chi connectivity index (χ0v) is 17.4. The van der Waals surface area contributed by atoms with Gasteiger partial charge in [0, 0.05) is 18.2 Å². The molecule has 2 aromatic rings. The maximum absolute atomic E-state index is 14.0. The van der Waals surface area contributed by atoms with Gasteiger partial charge in [0.05, 0.1) is 5.69 Å². The molecule has 1 aromatic heterocycles. The minimum atomic E-state index is -1.17. The van der Waals surface area contributed by atoms with Crippen molar-refractivity contribution in [1.82, 2.24) is 9.78 Å². The number of benzene rings is 1. The number of amides is 1. The average Bonchev–Trinajstić information content (AvgIpc) is 3.09. The van der Waals surface area contributed by atoms with E-state index in [2.05, 4.69) is 12.0 Å². The van der Waals surface area contributed by atoms with Crippen molar-refractivity contribution in [2.45, 2.75) is 59.4 Å². The highest BCUT2D eigenvalue weighted by atomic mass is 19.1. The number of carbonyl (C=O) groups excluding carboxylic acids is 1. The maximum Gasteiger partial charge on any atom is 0.341 e. The fourth-order valence-electron chi connectivity index (χ4n) is 3.86. The molecular formula is C22H28FN3O3. The van der Waals surface area contributed by atoms with Gasteiger partial charge < -0.3 is 5.11 Å². The van der Waals surface area contributed by atoms with E-state index in [4.69, 9.17) is 0 Å². The molecule has 1 heterocycles. The molecule has 156 valence electrons. The Bertz CT molecular complexity index is 914. The number of carbonyl (C=O) groups is 2. The van der Waals surface area contributed by atoms with Crippen LogP contribution in [0, 0.1) is 24.6 Å². The van der Waals surface area contributed by atoms with Gasteiger partial charge in [0.2, 0.25) is 5.91 Å². The molecule has 1 amide bonds. The van der Waals surface area contributed by atoms with Gasteiger partial charge in [-0.25, -0.2) is 13.9 Å². The van der Waals surface area contributed by atoms with Crippen molar-refractivity contribution < 1.29 is 19.1 Å². The summed E-state index contributed by atoms with van der Waals surface area (Å²) in [6.45, 7) is 7.53. The minimum absolute atomic E-state index is 0.0720. The standard InChI is InChI=1S/C22H28FN3O3/c1-13(2)26(21(27)16-8-5-14(3)6-9-16)20-18(22(28)29)12-25(24-20)17-10-7-15(4)19(23)11-17/h7,10-14,16H,5-6,8-9H2,1-4H3,(H,28,29)/t14-,16-. The largest absolute Gasteiger partial charge is 0.477 e. The first-order valence-electron chi connectivity index (χ1n) is 10.1. The van der Waals surface area contributed by atoms with Gasteiger partial charge >= 0.3 is 5.97 Å². The summed E-state index contributed by atoms with van der Waals surface area (Å²) >= 11 is 0. The molecule has 1 aromatic carbocycles. The van der Waals surface area contributed by atoms with Crippen molar-refractivity contribution in [1.29, 1.82) is 0 Å². The predicted octanol–water partition coefficient (Wildman–Crippen LogP) is 4.59. The Morgan fingerprint density at radius 2 is 1.90 bits per heavy atom. The lowest BCUT2D eigenvalue weighted by atomic mass is 9.82. The Morgan fingerprint density at radius 1 is 1.24 bits per heavy atom. The SMILES string of the molecule is Cc1ccc(-n2cc(C(=O)O)c(N(C(=O)[C@H]3CC[C@H](C)CC3)C(C)C)n2)cc1F. The van der Waals surface area contributed by atoms with Crippen LogP contribution in [0.5, 0.6) is 0 Å². The summed E-state index contributed by atoms with van der Waals surface area (Å²) in [6, 6.07) is 4.34. The molecule has 1 saturated carbocycles. The summed E-state index contributed by atoms with van der Waals surface area (Å²) < 4.78 is 15.3. The maximum atomic E-state index is 14.0. The first-order chi connectivity index (χ1) is 13.7. The van der Waals surface area contributed by atoms with Crippen LogP contribution in [0.25, 0.3) is 5.69 Å². The molecular weight excluding hydrogens is 373 g/mol. The van der Waals surface area contributed by atoms with Crippen molar-refractivity contribution in [2.24, 2.45) is 11.8 Å². The van der Waals surface area contributed by atoms with Crippen LogP contribution in [0.15, 0.2) is 24.4 Å². The monoisotopic (exact) mass is 401 g/mol. The van der Waals surface area contributed by atoms with E-state index in [1.807, 2.05) is 13.8 Å². The number of carboxylic acids is 1. The zero-order chi connectivity index (χ0) is 21.3. The van der Waals surface area contributed by atoms with Crippen molar-refractivity contribution in [3.8, 4) is 5.69 Å². The highest BCUT2D eigenvalue weighted by molar-refractivity contribution is 6.01. The Balaban J connectivity index is 2.01. The Kier molecular flexibility index (Phi) is 6.05. The summed E-state index contributed by atoms with van der Waals surface area (Å²) in [7, 11) is 0. The van der Waals surface area contributed by atoms with Gasteiger partial charge in [0.1, 0.15) is 11.4 Å². The van der Waals surface area contributed by atoms with Crippen molar-refractivity contribution in [3.05, 3.63) is 41.3 Å². The fourth-order valence-corrected chi connectivity index (χ4v) is 3.86. The molecule has 0 saturated heterocycles. The van der Waals surface area contributed by atoms with Gasteiger partial charge in [0.25, 0.3) is 0 Å². The molecule has 0 unspecified atom stereocenters. The Morgan fingerprint density at radius 3 is 2.45 bits per heavy atom. The van der Waals surface area contributed by atoms with Gasteiger partial charge in [0.15, 0.2) is 5.82 Å². The van der Waals surface area contributed by atoms with Crippen LogP contribution < -0.4 is 4.90 Å². The second-order valence-corrected chi connectivity index (χ2v) is 8.31. The van der Waals surface area contributed by atoms with Crippen LogP contribution in [0.1, 0.15) is 62.4 Å². The molecule has 0 radical (unpaired) electrons. The highest BCUT2D eigenvalue weighted by Crippen LogP contribution is 2.32. The van der Waals surface area contributed by atoms with E-state index in [9.17, 15) is 19.1 Å². The lowest BCUT2D eigenvalue weighted by molar-refractivity contribution is -0.123. The third kappa shape index (κ3) is 4.33. The third-order valence-electron chi connectivity index (χ3n) is 5.69. The predicted molar refractivity (Wildman–Crippen MR) is 109 cm³/mol. The lowest BCUT2D eigenvalue weighted by Crippen LogP contribution is -2.43. The van der Waals surface area contributed by atoms with Crippen LogP contribution in [-0.4, -0.2) is 32.8 Å². The molecule has 1 aliphatic rings. The Labute approximate surface area is 170 Å². The molecule has 1 N–H and O–H groups in total. The number of nitrogens with zero attached hydrogens (tertiary/aromatic N) is 3. The Hall–Kier alpha value is -2.70. The number of carboxylic acid groups (broad SMARTS) is 1. The molecule has 29 heavy (non-hydrogen) atoms. The summed E-state index contributed by atoms with van der Waals surface area (Å²) in [5.74, 6) is -1.07. The smallest absolute Gasteiger partial charge is 0.341 e. The van der Waals surface area contributed by atoms with E-state index in [0.717, 1.165) is 25.7 Å². The average molecular weight is 401 g/mol. The van der Waals surface area contributed by atoms with Gasteiger partial charge in [-0.05, 0) is 70.1 Å². The first kappa shape index (κ1) is 21.0. The van der Waals surface area contributed by atoms with Gasteiger partial charge in [-0.1, -0.05) is 13.0 Å². The number of halogens is 1. The first-order valence-corrected chi connectivity index (χ1v) is 10.1. The zero-order valence-electron chi connectivity index (χ0n) is 17.4. The number of hydrogen-bond acceptors (Lipinski definition) is 3. The fraction of sp³-hybridized carbons (Fsp3) is 0.500. The summed E-state index contributed by atoms with van der Waals surface area (Å²) in [5.41, 5.74) is 0.826. The number of anilines is 1. The second kappa shape index (κ2) is 8.35. The van der Waals surface area contributed by atoms with Crippen molar-refractivity contribution in [2.75, 3.05) is 4.90 Å². The van der Waals surface area contributed by atoms with E-state index >= 15 is 0 Å². The van der Waals surface area contributed by atoms with Gasteiger partial charge in [-0.2, -0.15) is 0 Å². The van der Waals surface area contributed by atoms with Crippen LogP contribution in [-0.2, 0) is 4.79 Å². The van der Waals surface area contributed by atoms with Crippen molar-refractivity contribution in [3.63, 3.8) is 0 Å². The molecule has 0 bridgehead atoms.